The molecule has 0 bridgehead atoms. The summed E-state index contributed by atoms with van der Waals surface area (Å²) in [5.41, 5.74) is 0. The van der Waals surface area contributed by atoms with Gasteiger partial charge in [0.25, 0.3) is 0 Å². The maximum atomic E-state index is 10.6. The zero-order valence-corrected chi connectivity index (χ0v) is 9.24. The fourth-order valence-corrected chi connectivity index (χ4v) is 2.49. The summed E-state index contributed by atoms with van der Waals surface area (Å²) in [5, 5.41) is 0. The van der Waals surface area contributed by atoms with Crippen LogP contribution < -0.4 is 0 Å². The summed E-state index contributed by atoms with van der Waals surface area (Å²) >= 11 is 4.48. The van der Waals surface area contributed by atoms with Crippen molar-refractivity contribution < 1.29 is 8.76 Å². The van der Waals surface area contributed by atoms with Gasteiger partial charge in [-0.25, -0.2) is 4.21 Å². The Kier molecular flexibility index (Phi) is 6.54. The van der Waals surface area contributed by atoms with Crippen LogP contribution in [0.1, 0.15) is 0 Å². The van der Waals surface area contributed by atoms with Crippen LogP contribution in [0.5, 0.6) is 0 Å². The van der Waals surface area contributed by atoms with Crippen molar-refractivity contribution in [2.75, 3.05) is 0 Å². The van der Waals surface area contributed by atoms with Crippen molar-refractivity contribution in [2.45, 2.75) is 4.90 Å². The Morgan fingerprint density at radius 1 is 1.33 bits per heavy atom. The summed E-state index contributed by atoms with van der Waals surface area (Å²) in [4.78, 5) is 0.383. The molecule has 0 fully saturated rings. The van der Waals surface area contributed by atoms with E-state index in [2.05, 4.69) is 31.9 Å². The number of halogens is 2. The number of benzene rings is 1. The molecule has 0 aliphatic rings. The molecule has 6 heteroatoms. The Balaban J connectivity index is 0.00000121. The van der Waals surface area contributed by atoms with E-state index in [0.29, 0.717) is 9.37 Å². The van der Waals surface area contributed by atoms with Crippen molar-refractivity contribution >= 4 is 72.5 Å². The average Bonchev–Trinajstić information content (AvgIpc) is 1.85. The van der Waals surface area contributed by atoms with Gasteiger partial charge in [-0.05, 0) is 34.1 Å². The van der Waals surface area contributed by atoms with E-state index in [-0.39, 0.29) is 29.6 Å². The molecule has 62 valence electrons. The zero-order valence-electron chi connectivity index (χ0n) is 5.25. The summed E-state index contributed by atoms with van der Waals surface area (Å²) in [6, 6.07) is 5.03. The monoisotopic (exact) mass is 322 g/mol. The van der Waals surface area contributed by atoms with Crippen LogP contribution in [0.15, 0.2) is 32.0 Å². The van der Waals surface area contributed by atoms with Gasteiger partial charge in [-0.2, -0.15) is 0 Å². The molecule has 1 rings (SSSR count). The molecule has 0 amide bonds. The summed E-state index contributed by atoms with van der Waals surface area (Å²) in [5.74, 6) is 0. The van der Waals surface area contributed by atoms with Gasteiger partial charge in [0.1, 0.15) is 0 Å². The Bertz CT molecular complexity index is 306. The van der Waals surface area contributed by atoms with Gasteiger partial charge in [0.15, 0.2) is 11.1 Å². The summed E-state index contributed by atoms with van der Waals surface area (Å²) in [6.45, 7) is 0. The van der Waals surface area contributed by atoms with Crippen LogP contribution in [0.3, 0.4) is 0 Å². The quantitative estimate of drug-likeness (QED) is 0.635. The third kappa shape index (κ3) is 3.57. The Labute approximate surface area is 112 Å². The van der Waals surface area contributed by atoms with Crippen LogP contribution in [-0.2, 0) is 11.1 Å². The molecule has 0 spiro atoms. The van der Waals surface area contributed by atoms with E-state index in [4.69, 9.17) is 4.55 Å². The zero-order chi connectivity index (χ0) is 8.43. The second kappa shape index (κ2) is 5.90. The van der Waals surface area contributed by atoms with Gasteiger partial charge >= 0.3 is 29.6 Å². The third-order valence-corrected chi connectivity index (χ3v) is 3.23. The van der Waals surface area contributed by atoms with E-state index in [9.17, 15) is 4.21 Å². The molecule has 12 heavy (non-hydrogen) atoms. The van der Waals surface area contributed by atoms with E-state index < -0.39 is 11.1 Å². The number of hydrogen-bond donors (Lipinski definition) is 1. The van der Waals surface area contributed by atoms with Crippen molar-refractivity contribution in [3.63, 3.8) is 0 Å². The van der Waals surface area contributed by atoms with Crippen molar-refractivity contribution in [1.82, 2.24) is 0 Å². The first-order valence-electron chi connectivity index (χ1n) is 2.67. The second-order valence-corrected chi connectivity index (χ2v) is 4.53. The second-order valence-electron chi connectivity index (χ2n) is 1.82. The molecule has 1 N–H and O–H groups in total. The topological polar surface area (TPSA) is 37.3 Å². The molecule has 1 aromatic carbocycles. The van der Waals surface area contributed by atoms with Gasteiger partial charge in [-0.3, -0.25) is 0 Å². The first-order chi connectivity index (χ1) is 5.11. The van der Waals surface area contributed by atoms with Crippen LogP contribution in [0, 0.1) is 0 Å². The molecule has 2 nitrogen and oxygen atoms in total. The first kappa shape index (κ1) is 13.3. The van der Waals surface area contributed by atoms with E-state index in [1.165, 1.54) is 0 Å². The van der Waals surface area contributed by atoms with Crippen LogP contribution in [0.4, 0.5) is 0 Å². The van der Waals surface area contributed by atoms with Crippen molar-refractivity contribution in [1.29, 1.82) is 0 Å². The van der Waals surface area contributed by atoms with Crippen molar-refractivity contribution in [3.05, 3.63) is 27.1 Å². The molecule has 1 aromatic rings. The third-order valence-electron chi connectivity index (χ3n) is 1.08. The van der Waals surface area contributed by atoms with Crippen LogP contribution >= 0.6 is 31.9 Å². The van der Waals surface area contributed by atoms with E-state index >= 15 is 0 Å². The maximum absolute atomic E-state index is 10.6. The minimum atomic E-state index is -1.92. The van der Waals surface area contributed by atoms with Gasteiger partial charge in [-0.1, -0.05) is 15.9 Å². The molecule has 0 saturated carbocycles. The SMILES string of the molecule is O=S(O)c1ccc(Br)cc1Br.[NaH]. The summed E-state index contributed by atoms with van der Waals surface area (Å²) < 4.78 is 20.8. The Morgan fingerprint density at radius 2 is 1.92 bits per heavy atom. The molecule has 0 saturated heterocycles. The average molecular weight is 324 g/mol. The first-order valence-corrected chi connectivity index (χ1v) is 5.36. The van der Waals surface area contributed by atoms with E-state index in [1.54, 1.807) is 18.2 Å². The fourth-order valence-electron chi connectivity index (χ4n) is 0.617. The van der Waals surface area contributed by atoms with E-state index in [0.717, 1.165) is 4.47 Å². The van der Waals surface area contributed by atoms with Crippen LogP contribution in [-0.4, -0.2) is 38.3 Å². The normalized spacial score (nSPS) is 11.9. The van der Waals surface area contributed by atoms with Gasteiger partial charge < -0.3 is 4.55 Å². The minimum absolute atomic E-state index is 0. The van der Waals surface area contributed by atoms with E-state index in [1.807, 2.05) is 0 Å². The molecule has 0 radical (unpaired) electrons. The Hall–Kier alpha value is 1.29. The number of hydrogen-bond acceptors (Lipinski definition) is 1. The molecule has 1 atom stereocenters. The molecule has 1 unspecified atom stereocenters. The van der Waals surface area contributed by atoms with Crippen molar-refractivity contribution in [2.24, 2.45) is 0 Å². The van der Waals surface area contributed by atoms with Crippen LogP contribution in [0.25, 0.3) is 0 Å². The summed E-state index contributed by atoms with van der Waals surface area (Å²) in [7, 11) is 0. The predicted octanol–water partition coefficient (Wildman–Crippen LogP) is 2.14. The molecular weight excluding hydrogens is 319 g/mol. The molecule has 0 aliphatic heterocycles. The molecule has 0 aromatic heterocycles. The van der Waals surface area contributed by atoms with Gasteiger partial charge in [-0.15, -0.1) is 0 Å². The van der Waals surface area contributed by atoms with Crippen molar-refractivity contribution in [3.8, 4) is 0 Å². The van der Waals surface area contributed by atoms with Crippen LogP contribution in [0.2, 0.25) is 0 Å². The van der Waals surface area contributed by atoms with Gasteiger partial charge in [0.2, 0.25) is 0 Å². The molecule has 0 heterocycles. The number of rotatable bonds is 1. The standard InChI is InChI=1S/C6H4Br2O2S.Na.H/c7-4-1-2-6(11(9)10)5(8)3-4;;/h1-3H,(H,9,10);;. The van der Waals surface area contributed by atoms with Gasteiger partial charge in [0, 0.05) is 8.95 Å². The Morgan fingerprint density at radius 3 is 2.33 bits per heavy atom. The predicted molar refractivity (Wildman–Crippen MR) is 58.0 cm³/mol. The van der Waals surface area contributed by atoms with Gasteiger partial charge in [0.05, 0.1) is 4.90 Å². The fraction of sp³-hybridized carbons (Fsp3) is 0. The summed E-state index contributed by atoms with van der Waals surface area (Å²) in [6.07, 6.45) is 0. The molecular formula is C6H5Br2NaO2S. The molecule has 0 aliphatic carbocycles.